The zero-order chi connectivity index (χ0) is 9.84. The average Bonchev–Trinajstić information content (AvgIpc) is 2.16. The summed E-state index contributed by atoms with van der Waals surface area (Å²) in [5.74, 6) is 5.39. The maximum atomic E-state index is 11.4. The van der Waals surface area contributed by atoms with Crippen LogP contribution in [0, 0.1) is 0 Å². The van der Waals surface area contributed by atoms with E-state index in [0.29, 0.717) is 11.3 Å². The molecule has 0 spiro atoms. The van der Waals surface area contributed by atoms with Crippen molar-refractivity contribution in [2.45, 2.75) is 0 Å². The molecule has 1 amide bonds. The van der Waals surface area contributed by atoms with Crippen LogP contribution in [0.25, 0.3) is 0 Å². The molecule has 1 aromatic rings. The summed E-state index contributed by atoms with van der Waals surface area (Å²) in [5.41, 5.74) is 0.421. The molecule has 0 fully saturated rings. The number of benzene rings is 1. The van der Waals surface area contributed by atoms with Crippen molar-refractivity contribution >= 4 is 22.1 Å². The molecular weight excluding hydrogens is 236 g/mol. The number of amides is 1. The number of para-hydroxylation sites is 1. The second kappa shape index (κ2) is 4.25. The second-order valence-corrected chi connectivity index (χ2v) is 3.08. The molecule has 0 aliphatic heterocycles. The van der Waals surface area contributed by atoms with Crippen LogP contribution in [-0.4, -0.2) is 17.1 Å². The Labute approximate surface area is 84.6 Å². The van der Waals surface area contributed by atoms with Gasteiger partial charge in [0.15, 0.2) is 0 Å². The molecule has 13 heavy (non-hydrogen) atoms. The number of hydrogen-bond donors (Lipinski definition) is 1. The highest BCUT2D eigenvalue weighted by atomic mass is 79.9. The molecule has 0 saturated carbocycles. The molecule has 0 unspecified atom stereocenters. The lowest BCUT2D eigenvalue weighted by Gasteiger charge is -2.10. The van der Waals surface area contributed by atoms with E-state index in [1.165, 1.54) is 7.11 Å². The molecule has 0 aliphatic rings. The summed E-state index contributed by atoms with van der Waals surface area (Å²) in [7, 11) is 1.50. The second-order valence-electron chi connectivity index (χ2n) is 2.32. The van der Waals surface area contributed by atoms with Gasteiger partial charge in [0.05, 0.1) is 28.8 Å². The monoisotopic (exact) mass is 244 g/mol. The number of rotatable bonds is 2. The van der Waals surface area contributed by atoms with Crippen LogP contribution in [-0.2, 0) is 0 Å². The van der Waals surface area contributed by atoms with Gasteiger partial charge in [-0.15, -0.1) is 0 Å². The van der Waals surface area contributed by atoms with Crippen molar-refractivity contribution in [3.63, 3.8) is 0 Å². The van der Waals surface area contributed by atoms with Crippen LogP contribution in [0.1, 0.15) is 10.4 Å². The summed E-state index contributed by atoms with van der Waals surface area (Å²) in [6.07, 6.45) is 0. The van der Waals surface area contributed by atoms with E-state index in [1.807, 2.05) is 0 Å². The molecule has 4 nitrogen and oxygen atoms in total. The number of nitrogens with zero attached hydrogens (tertiary/aromatic N) is 1. The van der Waals surface area contributed by atoms with Gasteiger partial charge in [-0.2, -0.15) is 0 Å². The number of carbonyl (C=O) groups excluding carboxylic acids is 1. The number of methoxy groups -OCH3 is 1. The van der Waals surface area contributed by atoms with Gasteiger partial charge in [-0.25, -0.2) is 9.88 Å². The first kappa shape index (κ1) is 10.0. The predicted molar refractivity (Wildman–Crippen MR) is 52.3 cm³/mol. The number of halogens is 1. The Hall–Kier alpha value is -1.07. The molecule has 1 rings (SSSR count). The first-order chi connectivity index (χ1) is 6.16. The summed E-state index contributed by atoms with van der Waals surface area (Å²) in [6, 6.07) is 6.86. The van der Waals surface area contributed by atoms with E-state index in [-0.39, 0.29) is 5.91 Å². The minimum Gasteiger partial charge on any atom is -0.496 e. The van der Waals surface area contributed by atoms with Crippen molar-refractivity contribution in [3.8, 4) is 5.75 Å². The van der Waals surface area contributed by atoms with Gasteiger partial charge in [-0.3, -0.25) is 4.79 Å². The minimum atomic E-state index is -0.350. The highest BCUT2D eigenvalue weighted by Crippen LogP contribution is 2.18. The summed E-state index contributed by atoms with van der Waals surface area (Å²) in [4.78, 5) is 11.4. The molecule has 0 radical (unpaired) electrons. The molecule has 70 valence electrons. The Balaban J connectivity index is 3.06. The van der Waals surface area contributed by atoms with Crippen LogP contribution in [0.4, 0.5) is 0 Å². The zero-order valence-electron chi connectivity index (χ0n) is 7.03. The fourth-order valence-corrected chi connectivity index (χ4v) is 1.13. The van der Waals surface area contributed by atoms with E-state index in [2.05, 4.69) is 16.1 Å². The predicted octanol–water partition coefficient (Wildman–Crippen LogP) is 1.32. The maximum Gasteiger partial charge on any atom is 0.281 e. The van der Waals surface area contributed by atoms with Crippen molar-refractivity contribution in [1.82, 2.24) is 4.03 Å². The van der Waals surface area contributed by atoms with Gasteiger partial charge in [-0.05, 0) is 12.1 Å². The number of ether oxygens (including phenoxy) is 1. The van der Waals surface area contributed by atoms with E-state index in [1.54, 1.807) is 24.3 Å². The third-order valence-electron chi connectivity index (χ3n) is 1.53. The molecule has 0 heterocycles. The fraction of sp³-hybridized carbons (Fsp3) is 0.125. The van der Waals surface area contributed by atoms with Crippen LogP contribution in [0.3, 0.4) is 0 Å². The molecule has 0 aliphatic carbocycles. The fourth-order valence-electron chi connectivity index (χ4n) is 0.936. The first-order valence-electron chi connectivity index (χ1n) is 3.54. The van der Waals surface area contributed by atoms with E-state index in [4.69, 9.17) is 10.6 Å². The van der Waals surface area contributed by atoms with Gasteiger partial charge in [0, 0.05) is 0 Å². The normalized spacial score (nSPS) is 9.46. The minimum absolute atomic E-state index is 0.350. The van der Waals surface area contributed by atoms with Crippen molar-refractivity contribution in [1.29, 1.82) is 0 Å². The van der Waals surface area contributed by atoms with Gasteiger partial charge >= 0.3 is 0 Å². The molecule has 1 aromatic carbocycles. The molecule has 0 saturated heterocycles. The Bertz CT molecular complexity index is 315. The summed E-state index contributed by atoms with van der Waals surface area (Å²) in [6.45, 7) is 0. The maximum absolute atomic E-state index is 11.4. The largest absolute Gasteiger partial charge is 0.496 e. The molecule has 2 N–H and O–H groups in total. The molecule has 0 atom stereocenters. The first-order valence-corrected chi connectivity index (χ1v) is 4.25. The van der Waals surface area contributed by atoms with E-state index < -0.39 is 0 Å². The number of hydrazine groups is 1. The van der Waals surface area contributed by atoms with Crippen LogP contribution < -0.4 is 10.6 Å². The lowest BCUT2D eigenvalue weighted by Crippen LogP contribution is -2.27. The van der Waals surface area contributed by atoms with Crippen LogP contribution in [0.2, 0.25) is 0 Å². The third kappa shape index (κ3) is 2.19. The smallest absolute Gasteiger partial charge is 0.281 e. The van der Waals surface area contributed by atoms with Gasteiger partial charge in [-0.1, -0.05) is 12.1 Å². The highest BCUT2D eigenvalue weighted by molar-refractivity contribution is 9.07. The van der Waals surface area contributed by atoms with Crippen molar-refractivity contribution in [2.24, 2.45) is 5.84 Å². The average molecular weight is 245 g/mol. The molecule has 0 bridgehead atoms. The van der Waals surface area contributed by atoms with Gasteiger partial charge < -0.3 is 4.74 Å². The van der Waals surface area contributed by atoms with Crippen molar-refractivity contribution in [3.05, 3.63) is 29.8 Å². The zero-order valence-corrected chi connectivity index (χ0v) is 8.61. The van der Waals surface area contributed by atoms with Crippen LogP contribution >= 0.6 is 16.1 Å². The summed E-state index contributed by atoms with van der Waals surface area (Å²) < 4.78 is 5.83. The SMILES string of the molecule is COc1ccccc1C(=O)N(N)Br. The van der Waals surface area contributed by atoms with Crippen LogP contribution in [0.15, 0.2) is 24.3 Å². The summed E-state index contributed by atoms with van der Waals surface area (Å²) in [5, 5.41) is 0. The van der Waals surface area contributed by atoms with Gasteiger partial charge in [0.2, 0.25) is 0 Å². The highest BCUT2D eigenvalue weighted by Gasteiger charge is 2.14. The molecule has 5 heteroatoms. The summed E-state index contributed by atoms with van der Waals surface area (Å²) >= 11 is 2.85. The molecular formula is C8H9BrN2O2. The molecule has 0 aromatic heterocycles. The van der Waals surface area contributed by atoms with E-state index >= 15 is 0 Å². The number of hydrogen-bond acceptors (Lipinski definition) is 3. The topological polar surface area (TPSA) is 55.6 Å². The Kier molecular flexibility index (Phi) is 3.27. The standard InChI is InChI=1S/C8H9BrN2O2/c1-13-7-5-3-2-4-6(7)8(12)11(9)10/h2-5H,10H2,1H3. The third-order valence-corrected chi connectivity index (χ3v) is 1.85. The Morgan fingerprint density at radius 2 is 2.15 bits per heavy atom. The quantitative estimate of drug-likeness (QED) is 0.370. The van der Waals surface area contributed by atoms with E-state index in [0.717, 1.165) is 4.03 Å². The Morgan fingerprint density at radius 1 is 1.54 bits per heavy atom. The van der Waals surface area contributed by atoms with Crippen LogP contribution in [0.5, 0.6) is 5.75 Å². The van der Waals surface area contributed by atoms with E-state index in [9.17, 15) is 4.79 Å². The van der Waals surface area contributed by atoms with Crippen molar-refractivity contribution in [2.75, 3.05) is 7.11 Å². The lowest BCUT2D eigenvalue weighted by molar-refractivity contribution is 0.0876. The Morgan fingerprint density at radius 3 is 2.69 bits per heavy atom. The number of nitrogens with two attached hydrogens (primary N) is 1. The van der Waals surface area contributed by atoms with Gasteiger partial charge in [0.1, 0.15) is 5.75 Å². The lowest BCUT2D eigenvalue weighted by atomic mass is 10.2. The van der Waals surface area contributed by atoms with Crippen molar-refractivity contribution < 1.29 is 9.53 Å². The van der Waals surface area contributed by atoms with Gasteiger partial charge in [0.25, 0.3) is 5.91 Å². The number of carbonyl (C=O) groups is 1.